The summed E-state index contributed by atoms with van der Waals surface area (Å²) in [5.41, 5.74) is 2.97. The van der Waals surface area contributed by atoms with Crippen LogP contribution in [-0.2, 0) is 9.59 Å². The predicted octanol–water partition coefficient (Wildman–Crippen LogP) is -6.51. The Morgan fingerprint density at radius 3 is 1.69 bits per heavy atom. The summed E-state index contributed by atoms with van der Waals surface area (Å²) in [6.07, 6.45) is -4.02. The van der Waals surface area contributed by atoms with Crippen LogP contribution in [0.4, 0.5) is 0 Å². The second-order valence-electron chi connectivity index (χ2n) is 2.22. The average molecular weight is 216 g/mol. The van der Waals surface area contributed by atoms with E-state index >= 15 is 0 Å². The Morgan fingerprint density at radius 1 is 1.08 bits per heavy atom. The number of aliphatic hydroxyl groups excluding tert-OH is 2. The minimum absolute atomic E-state index is 0. The van der Waals surface area contributed by atoms with Crippen LogP contribution in [0.1, 0.15) is 0 Å². The molecule has 0 bridgehead atoms. The number of carboxylic acids is 2. The summed E-state index contributed by atoms with van der Waals surface area (Å²) in [5, 5.41) is 33.9. The lowest BCUT2D eigenvalue weighted by Gasteiger charge is -2.14. The van der Waals surface area contributed by atoms with Crippen molar-refractivity contribution in [3.63, 3.8) is 0 Å². The molecule has 0 saturated carbocycles. The van der Waals surface area contributed by atoms with Gasteiger partial charge >= 0.3 is 11.9 Å². The minimum atomic E-state index is -2.12. The largest absolute Gasteiger partial charge is 1.00 e. The molecule has 0 unspecified atom stereocenters. The second kappa shape index (κ2) is 5.70. The van der Waals surface area contributed by atoms with Gasteiger partial charge in [-0.05, 0) is 0 Å². The third-order valence-electron chi connectivity index (χ3n) is 1.31. The fourth-order valence-corrected chi connectivity index (χ4v) is 0.512. The normalized spacial score (nSPS) is 16.5. The van der Waals surface area contributed by atoms with E-state index in [1.165, 1.54) is 0 Å². The van der Waals surface area contributed by atoms with Gasteiger partial charge in [-0.25, -0.2) is 9.59 Å². The second-order valence-corrected chi connectivity index (χ2v) is 2.22. The van der Waals surface area contributed by atoms with Crippen molar-refractivity contribution in [2.75, 3.05) is 0 Å². The highest BCUT2D eigenvalue weighted by Crippen LogP contribution is 1.96. The third kappa shape index (κ3) is 4.04. The fourth-order valence-electron chi connectivity index (χ4n) is 0.512. The van der Waals surface area contributed by atoms with Gasteiger partial charge in [0.25, 0.3) is 0 Å². The van der Waals surface area contributed by atoms with Crippen molar-refractivity contribution >= 4 is 11.9 Å². The zero-order chi connectivity index (χ0) is 9.89. The van der Waals surface area contributed by atoms with Crippen LogP contribution in [0, 0.1) is 0 Å². The molecule has 7 nitrogen and oxygen atoms in total. The van der Waals surface area contributed by atoms with Gasteiger partial charge < -0.3 is 38.6 Å². The summed E-state index contributed by atoms with van der Waals surface area (Å²) >= 11 is 0. The Bertz CT molecular complexity index is 177. The number of rotatable bonds is 4. The van der Waals surface area contributed by atoms with Crippen molar-refractivity contribution in [1.29, 1.82) is 0 Å². The summed E-state index contributed by atoms with van der Waals surface area (Å²) in [5.74, 6) is -3.15. The van der Waals surface area contributed by atoms with Crippen LogP contribution in [-0.4, -0.2) is 50.6 Å². The summed E-state index contributed by atoms with van der Waals surface area (Å²) in [4.78, 5) is 20.2. The van der Waals surface area contributed by atoms with Crippen molar-refractivity contribution in [2.45, 2.75) is 18.2 Å². The van der Waals surface area contributed by atoms with Gasteiger partial charge in [0.2, 0.25) is 6.04 Å². The third-order valence-corrected chi connectivity index (χ3v) is 1.31. The Labute approximate surface area is 79.2 Å². The summed E-state index contributed by atoms with van der Waals surface area (Å²) in [7, 11) is 0. The van der Waals surface area contributed by atoms with Crippen molar-refractivity contribution < 1.29 is 48.2 Å². The highest BCUT2D eigenvalue weighted by molar-refractivity contribution is 5.77. The van der Waals surface area contributed by atoms with E-state index in [-0.39, 0.29) is 12.4 Å². The quantitative estimate of drug-likeness (QED) is 0.316. The molecular weight excluding hydrogens is 206 g/mol. The highest BCUT2D eigenvalue weighted by Gasteiger charge is 2.35. The number of aliphatic carboxylic acids is 2. The Kier molecular flexibility index (Phi) is 6.42. The molecule has 0 aliphatic rings. The van der Waals surface area contributed by atoms with E-state index in [0.29, 0.717) is 0 Å². The molecule has 13 heavy (non-hydrogen) atoms. The lowest BCUT2D eigenvalue weighted by atomic mass is 10.1. The number of carboxylic acid groups (broad SMARTS) is 2. The zero-order valence-electron chi connectivity index (χ0n) is 6.42. The van der Waals surface area contributed by atoms with Crippen LogP contribution in [0.5, 0.6) is 0 Å². The van der Waals surface area contributed by atoms with E-state index in [0.717, 1.165) is 0 Å². The SMILES string of the molecule is [Cl-].[NH3+][C@H](C(=O)O)[C@H](O)[C@@H](O)C(=O)O. The van der Waals surface area contributed by atoms with E-state index in [2.05, 4.69) is 5.73 Å². The Hall–Kier alpha value is -0.890. The van der Waals surface area contributed by atoms with Crippen molar-refractivity contribution in [1.82, 2.24) is 0 Å². The summed E-state index contributed by atoms with van der Waals surface area (Å²) in [6, 6.07) is -1.56. The molecule has 0 radical (unpaired) electrons. The van der Waals surface area contributed by atoms with Gasteiger partial charge in [-0.15, -0.1) is 0 Å². The first-order valence-corrected chi connectivity index (χ1v) is 3.02. The van der Waals surface area contributed by atoms with E-state index < -0.39 is 30.2 Å². The van der Waals surface area contributed by atoms with Gasteiger partial charge in [-0.2, -0.15) is 0 Å². The topological polar surface area (TPSA) is 143 Å². The lowest BCUT2D eigenvalue weighted by molar-refractivity contribution is -0.428. The molecule has 78 valence electrons. The molecule has 0 aromatic rings. The van der Waals surface area contributed by atoms with Gasteiger partial charge in [-0.1, -0.05) is 0 Å². The molecule has 0 aromatic heterocycles. The number of halogens is 1. The molecule has 7 N–H and O–H groups in total. The number of hydrogen-bond acceptors (Lipinski definition) is 4. The van der Waals surface area contributed by atoms with Crippen LogP contribution in [0.15, 0.2) is 0 Å². The zero-order valence-corrected chi connectivity index (χ0v) is 7.18. The minimum Gasteiger partial charge on any atom is -1.00 e. The smallest absolute Gasteiger partial charge is 0.365 e. The molecule has 8 heteroatoms. The molecule has 0 amide bonds. The summed E-state index contributed by atoms with van der Waals surface area (Å²) in [6.45, 7) is 0. The molecule has 0 aliphatic carbocycles. The first kappa shape index (κ1) is 14.6. The van der Waals surface area contributed by atoms with Crippen LogP contribution >= 0.6 is 0 Å². The number of carbonyl (C=O) groups is 2. The van der Waals surface area contributed by atoms with Gasteiger partial charge in [-0.3, -0.25) is 0 Å². The molecule has 0 fully saturated rings. The molecule has 0 saturated heterocycles. The summed E-state index contributed by atoms with van der Waals surface area (Å²) < 4.78 is 0. The molecule has 0 heterocycles. The maximum absolute atomic E-state index is 10.1. The molecule has 3 atom stereocenters. The Balaban J connectivity index is 0. The van der Waals surface area contributed by atoms with Gasteiger partial charge in [0.1, 0.15) is 0 Å². The molecule has 0 spiro atoms. The highest BCUT2D eigenvalue weighted by atomic mass is 35.5. The van der Waals surface area contributed by atoms with E-state index in [9.17, 15) is 9.59 Å². The molecular formula is C5H10ClNO6. The fraction of sp³-hybridized carbons (Fsp3) is 0.600. The predicted molar refractivity (Wildman–Crippen MR) is 34.0 cm³/mol. The average Bonchev–Trinajstić information content (AvgIpc) is 2.00. The molecule has 0 rings (SSSR count). The molecule has 0 aromatic carbocycles. The van der Waals surface area contributed by atoms with Crippen LogP contribution in [0.3, 0.4) is 0 Å². The van der Waals surface area contributed by atoms with Crippen LogP contribution < -0.4 is 18.1 Å². The lowest BCUT2D eigenvalue weighted by Crippen LogP contribution is -3.00. The van der Waals surface area contributed by atoms with Crippen LogP contribution in [0.25, 0.3) is 0 Å². The number of hydrogen-bond donors (Lipinski definition) is 5. The standard InChI is InChI=1S/C5H9NO6.ClH/c6-1(4(9)10)2(7)3(8)5(11)12;/h1-3,7-8H,6H2,(H,9,10)(H,11,12);1H/t1-,2-,3+;/m0./s1. The van der Waals surface area contributed by atoms with Gasteiger partial charge in [0.05, 0.1) is 0 Å². The van der Waals surface area contributed by atoms with Gasteiger partial charge in [0.15, 0.2) is 12.2 Å². The Morgan fingerprint density at radius 2 is 1.46 bits per heavy atom. The first-order valence-electron chi connectivity index (χ1n) is 3.02. The number of quaternary nitrogens is 1. The van der Waals surface area contributed by atoms with Crippen molar-refractivity contribution in [3.8, 4) is 0 Å². The van der Waals surface area contributed by atoms with E-state index in [1.807, 2.05) is 0 Å². The maximum Gasteiger partial charge on any atom is 0.365 e. The van der Waals surface area contributed by atoms with Gasteiger partial charge in [0, 0.05) is 0 Å². The maximum atomic E-state index is 10.1. The first-order chi connectivity index (χ1) is 5.37. The monoisotopic (exact) mass is 215 g/mol. The molecule has 0 aliphatic heterocycles. The van der Waals surface area contributed by atoms with E-state index in [1.54, 1.807) is 0 Å². The van der Waals surface area contributed by atoms with E-state index in [4.69, 9.17) is 20.4 Å². The number of aliphatic hydroxyl groups is 2. The van der Waals surface area contributed by atoms with Crippen molar-refractivity contribution in [3.05, 3.63) is 0 Å². The van der Waals surface area contributed by atoms with Crippen molar-refractivity contribution in [2.24, 2.45) is 0 Å². The van der Waals surface area contributed by atoms with Crippen LogP contribution in [0.2, 0.25) is 0 Å².